The van der Waals surface area contributed by atoms with Crippen LogP contribution in [0.1, 0.15) is 27.2 Å². The number of hydrogen-bond donors (Lipinski definition) is 3. The monoisotopic (exact) mass is 655 g/mol. The van der Waals surface area contributed by atoms with Gasteiger partial charge in [-0.15, -0.1) is 0 Å². The molecule has 1 aliphatic heterocycles. The predicted molar refractivity (Wildman–Crippen MR) is 173 cm³/mol. The topological polar surface area (TPSA) is 157 Å². The molecule has 3 amide bonds. The van der Waals surface area contributed by atoms with Gasteiger partial charge < -0.3 is 15.5 Å². The number of piperazine rings is 1. The van der Waals surface area contributed by atoms with Gasteiger partial charge in [0.05, 0.1) is 21.5 Å². The first-order chi connectivity index (χ1) is 22.7. The van der Waals surface area contributed by atoms with E-state index in [2.05, 4.69) is 25.8 Å². The molecule has 0 saturated carbocycles. The van der Waals surface area contributed by atoms with Gasteiger partial charge in [0.2, 0.25) is 10.0 Å². The third-order valence-corrected chi connectivity index (χ3v) is 9.77. The van der Waals surface area contributed by atoms with Gasteiger partial charge in [0, 0.05) is 62.6 Å². The van der Waals surface area contributed by atoms with Crippen LogP contribution in [0.25, 0.3) is 10.8 Å². The van der Waals surface area contributed by atoms with E-state index in [9.17, 15) is 27.2 Å². The number of rotatable bonds is 8. The number of amides is 3. The number of anilines is 1. The maximum Gasteiger partial charge on any atom is 0.319 e. The van der Waals surface area contributed by atoms with Crippen LogP contribution in [0.5, 0.6) is 0 Å². The van der Waals surface area contributed by atoms with Crippen LogP contribution in [0.15, 0.2) is 101 Å². The van der Waals surface area contributed by atoms with Crippen LogP contribution in [0.4, 0.5) is 14.9 Å². The molecule has 0 spiro atoms. The lowest BCUT2D eigenvalue weighted by molar-refractivity contribution is 0.0693. The van der Waals surface area contributed by atoms with Crippen molar-refractivity contribution in [3.05, 3.63) is 130 Å². The number of H-pyrrole nitrogens is 1. The molecule has 14 heteroatoms. The summed E-state index contributed by atoms with van der Waals surface area (Å²) in [6.07, 6.45) is 3.54. The SMILES string of the molecule is O=C(NCc1cccnc1)Nc1ccc(S(=O)(=O)N2CCN(C(=O)c3cc(Cc4n[nH]c(=O)c5ccccc45)ccc3F)CC2)cc1. The van der Waals surface area contributed by atoms with Crippen LogP contribution < -0.4 is 16.2 Å². The molecule has 1 saturated heterocycles. The number of aromatic amines is 1. The molecular formula is C33H30FN7O5S. The first-order valence-electron chi connectivity index (χ1n) is 14.8. The van der Waals surface area contributed by atoms with Gasteiger partial charge in [-0.1, -0.05) is 30.3 Å². The van der Waals surface area contributed by atoms with Crippen molar-refractivity contribution in [2.75, 3.05) is 31.5 Å². The van der Waals surface area contributed by atoms with Crippen LogP contribution >= 0.6 is 0 Å². The van der Waals surface area contributed by atoms with Crippen molar-refractivity contribution >= 4 is 38.4 Å². The Balaban J connectivity index is 1.07. The molecule has 1 fully saturated rings. The van der Waals surface area contributed by atoms with Crippen molar-refractivity contribution in [2.24, 2.45) is 0 Å². The summed E-state index contributed by atoms with van der Waals surface area (Å²) >= 11 is 0. The first kappa shape index (κ1) is 31.5. The largest absolute Gasteiger partial charge is 0.336 e. The number of fused-ring (bicyclic) bond motifs is 1. The van der Waals surface area contributed by atoms with E-state index in [0.717, 1.165) is 5.56 Å². The summed E-state index contributed by atoms with van der Waals surface area (Å²) in [6, 6.07) is 20.2. The molecule has 3 aromatic carbocycles. The van der Waals surface area contributed by atoms with E-state index in [0.29, 0.717) is 27.7 Å². The van der Waals surface area contributed by atoms with Crippen LogP contribution in [-0.4, -0.2) is 70.9 Å². The number of nitrogens with one attached hydrogen (secondary N) is 3. The lowest BCUT2D eigenvalue weighted by Crippen LogP contribution is -2.50. The fraction of sp³-hybridized carbons (Fsp3) is 0.182. The average Bonchev–Trinajstić information content (AvgIpc) is 3.10. The van der Waals surface area contributed by atoms with E-state index in [-0.39, 0.29) is 55.2 Å². The molecular weight excluding hydrogens is 625 g/mol. The number of nitrogens with zero attached hydrogens (tertiary/aromatic N) is 4. The molecule has 3 heterocycles. The number of sulfonamides is 1. The van der Waals surface area contributed by atoms with Gasteiger partial charge in [0.1, 0.15) is 5.82 Å². The van der Waals surface area contributed by atoms with E-state index < -0.39 is 27.8 Å². The second kappa shape index (κ2) is 13.5. The van der Waals surface area contributed by atoms with E-state index in [1.54, 1.807) is 48.8 Å². The van der Waals surface area contributed by atoms with Crippen LogP contribution in [-0.2, 0) is 23.0 Å². The fourth-order valence-corrected chi connectivity index (χ4v) is 6.79. The normalized spacial score (nSPS) is 13.8. The number of carbonyl (C=O) groups is 2. The highest BCUT2D eigenvalue weighted by Crippen LogP contribution is 2.23. The summed E-state index contributed by atoms with van der Waals surface area (Å²) in [5.74, 6) is -1.23. The average molecular weight is 656 g/mol. The maximum absolute atomic E-state index is 14.9. The molecule has 6 rings (SSSR count). The molecule has 0 atom stereocenters. The summed E-state index contributed by atoms with van der Waals surface area (Å²) in [6.45, 7) is 0.485. The second-order valence-electron chi connectivity index (χ2n) is 10.9. The highest BCUT2D eigenvalue weighted by Gasteiger charge is 2.31. The Morgan fingerprint density at radius 3 is 2.36 bits per heavy atom. The molecule has 3 N–H and O–H groups in total. The van der Waals surface area contributed by atoms with Gasteiger partial charge in [0.15, 0.2) is 0 Å². The number of urea groups is 1. The maximum atomic E-state index is 14.9. The Morgan fingerprint density at radius 2 is 1.64 bits per heavy atom. The number of aromatic nitrogens is 3. The van der Waals surface area contributed by atoms with E-state index in [4.69, 9.17) is 0 Å². The third-order valence-electron chi connectivity index (χ3n) is 7.86. The molecule has 5 aromatic rings. The van der Waals surface area contributed by atoms with Gasteiger partial charge in [-0.2, -0.15) is 9.40 Å². The second-order valence-corrected chi connectivity index (χ2v) is 12.9. The fourth-order valence-electron chi connectivity index (χ4n) is 5.37. The van der Waals surface area contributed by atoms with Crippen molar-refractivity contribution in [1.82, 2.24) is 29.7 Å². The Labute approximate surface area is 269 Å². The smallest absolute Gasteiger partial charge is 0.319 e. The highest BCUT2D eigenvalue weighted by atomic mass is 32.2. The minimum Gasteiger partial charge on any atom is -0.336 e. The molecule has 0 radical (unpaired) electrons. The lowest BCUT2D eigenvalue weighted by atomic mass is 10.0. The Bertz CT molecular complexity index is 2100. The van der Waals surface area contributed by atoms with Crippen molar-refractivity contribution in [3.8, 4) is 0 Å². The minimum absolute atomic E-state index is 0.0272. The van der Waals surface area contributed by atoms with Gasteiger partial charge >= 0.3 is 6.03 Å². The number of carbonyl (C=O) groups excluding carboxylic acids is 2. The Hall–Kier alpha value is -5.47. The minimum atomic E-state index is -3.88. The summed E-state index contributed by atoms with van der Waals surface area (Å²) < 4.78 is 42.9. The first-order valence-corrected chi connectivity index (χ1v) is 16.2. The number of halogens is 1. The Morgan fingerprint density at radius 1 is 0.894 bits per heavy atom. The molecule has 240 valence electrons. The summed E-state index contributed by atoms with van der Waals surface area (Å²) in [4.78, 5) is 43.2. The number of pyridine rings is 1. The summed E-state index contributed by atoms with van der Waals surface area (Å²) in [7, 11) is -3.88. The molecule has 0 aliphatic carbocycles. The van der Waals surface area contributed by atoms with Crippen LogP contribution in [0, 0.1) is 5.82 Å². The Kier molecular flexibility index (Phi) is 9.04. The molecule has 0 unspecified atom stereocenters. The van der Waals surface area contributed by atoms with Crippen molar-refractivity contribution in [2.45, 2.75) is 17.9 Å². The molecule has 2 aromatic heterocycles. The highest BCUT2D eigenvalue weighted by molar-refractivity contribution is 7.89. The van der Waals surface area contributed by atoms with Gasteiger partial charge in [-0.3, -0.25) is 14.6 Å². The number of benzene rings is 3. The molecule has 12 nitrogen and oxygen atoms in total. The van der Waals surface area contributed by atoms with Gasteiger partial charge in [-0.25, -0.2) is 22.7 Å². The third kappa shape index (κ3) is 7.03. The molecule has 47 heavy (non-hydrogen) atoms. The summed E-state index contributed by atoms with van der Waals surface area (Å²) in [5, 5.41) is 13.2. The standard InChI is InChI=1S/C33H30FN7O5S/c34-29-12-7-22(19-30-26-5-1-2-6-27(26)31(42)39-38-30)18-28(29)32(43)40-14-16-41(17-15-40)47(45,46)25-10-8-24(9-11-25)37-33(44)36-21-23-4-3-13-35-20-23/h1-13,18,20H,14-17,19,21H2,(H,39,42)(H2,36,37,44). The van der Waals surface area contributed by atoms with Crippen LogP contribution in [0.3, 0.4) is 0 Å². The van der Waals surface area contributed by atoms with Crippen molar-refractivity contribution in [1.29, 1.82) is 0 Å². The zero-order valence-electron chi connectivity index (χ0n) is 25.0. The van der Waals surface area contributed by atoms with Gasteiger partial charge in [-0.05, 0) is 59.7 Å². The van der Waals surface area contributed by atoms with E-state index in [1.165, 1.54) is 45.6 Å². The van der Waals surface area contributed by atoms with E-state index in [1.807, 2.05) is 6.07 Å². The predicted octanol–water partition coefficient (Wildman–Crippen LogP) is 3.52. The van der Waals surface area contributed by atoms with Crippen molar-refractivity contribution < 1.29 is 22.4 Å². The number of hydrogen-bond acceptors (Lipinski definition) is 7. The summed E-state index contributed by atoms with van der Waals surface area (Å²) in [5.41, 5.74) is 2.02. The van der Waals surface area contributed by atoms with Crippen LogP contribution in [0.2, 0.25) is 0 Å². The van der Waals surface area contributed by atoms with Gasteiger partial charge in [0.25, 0.3) is 11.5 Å². The zero-order chi connectivity index (χ0) is 33.0. The quantitative estimate of drug-likeness (QED) is 0.231. The zero-order valence-corrected chi connectivity index (χ0v) is 25.8. The molecule has 1 aliphatic rings. The molecule has 0 bridgehead atoms. The lowest BCUT2D eigenvalue weighted by Gasteiger charge is -2.34. The van der Waals surface area contributed by atoms with Crippen molar-refractivity contribution in [3.63, 3.8) is 0 Å². The van der Waals surface area contributed by atoms with E-state index >= 15 is 0 Å².